The molecule has 0 heterocycles. The summed E-state index contributed by atoms with van der Waals surface area (Å²) in [4.78, 5) is 11.8. The first-order chi connectivity index (χ1) is 9.08. The lowest BCUT2D eigenvalue weighted by Gasteiger charge is -2.32. The predicted molar refractivity (Wildman–Crippen MR) is 78.9 cm³/mol. The van der Waals surface area contributed by atoms with Gasteiger partial charge in [-0.25, -0.2) is 0 Å². The molecule has 0 radical (unpaired) electrons. The molecule has 1 aliphatic carbocycles. The molecule has 0 bridgehead atoms. The predicted octanol–water partition coefficient (Wildman–Crippen LogP) is 3.09. The molecule has 1 aliphatic rings. The number of nitrogens with one attached hydrogen (secondary N) is 1. The van der Waals surface area contributed by atoms with E-state index in [-0.39, 0.29) is 11.9 Å². The Morgan fingerprint density at radius 2 is 1.89 bits per heavy atom. The van der Waals surface area contributed by atoms with Gasteiger partial charge in [-0.2, -0.15) is 0 Å². The number of benzene rings is 1. The molecule has 0 aliphatic heterocycles. The average molecular weight is 260 g/mol. The third-order valence-corrected chi connectivity index (χ3v) is 4.29. The second-order valence-electron chi connectivity index (χ2n) is 5.86. The minimum atomic E-state index is -0.242. The fraction of sp³-hybridized carbons (Fsp3) is 0.562. The number of carbonyl (C=O) groups is 1. The molecule has 1 unspecified atom stereocenters. The second-order valence-corrected chi connectivity index (χ2v) is 5.86. The molecule has 0 aromatic heterocycles. The molecule has 0 saturated heterocycles. The molecule has 3 nitrogen and oxygen atoms in total. The summed E-state index contributed by atoms with van der Waals surface area (Å²) in [5.74, 6) is 0.916. The molecule has 1 aromatic carbocycles. The maximum atomic E-state index is 11.8. The second kappa shape index (κ2) is 6.09. The molecule has 1 amide bonds. The van der Waals surface area contributed by atoms with Gasteiger partial charge in [0.05, 0.1) is 0 Å². The van der Waals surface area contributed by atoms with E-state index in [9.17, 15) is 4.79 Å². The van der Waals surface area contributed by atoms with E-state index >= 15 is 0 Å². The molecule has 1 fully saturated rings. The number of primary amides is 1. The van der Waals surface area contributed by atoms with Crippen molar-refractivity contribution in [1.82, 2.24) is 0 Å². The number of anilines is 1. The Hall–Kier alpha value is -1.51. The van der Waals surface area contributed by atoms with Crippen LogP contribution in [0, 0.1) is 18.8 Å². The normalized spacial score (nSPS) is 24.7. The summed E-state index contributed by atoms with van der Waals surface area (Å²) in [6.07, 6.45) is 4.58. The molecular formula is C16H24N2O. The summed E-state index contributed by atoms with van der Waals surface area (Å²) in [6.45, 7) is 4.33. The van der Waals surface area contributed by atoms with Crippen molar-refractivity contribution in [3.8, 4) is 0 Å². The van der Waals surface area contributed by atoms with Crippen LogP contribution >= 0.6 is 0 Å². The van der Waals surface area contributed by atoms with Crippen molar-refractivity contribution >= 4 is 11.6 Å². The monoisotopic (exact) mass is 260 g/mol. The number of aryl methyl sites for hydroxylation is 1. The van der Waals surface area contributed by atoms with Crippen LogP contribution in [0.15, 0.2) is 24.3 Å². The molecule has 3 N–H and O–H groups in total. The van der Waals surface area contributed by atoms with Gasteiger partial charge in [-0.1, -0.05) is 38.0 Å². The van der Waals surface area contributed by atoms with Crippen molar-refractivity contribution in [2.45, 2.75) is 45.6 Å². The van der Waals surface area contributed by atoms with Gasteiger partial charge in [0.2, 0.25) is 5.91 Å². The van der Waals surface area contributed by atoms with Crippen molar-refractivity contribution in [1.29, 1.82) is 0 Å². The van der Waals surface area contributed by atoms with Crippen LogP contribution in [0.1, 0.15) is 38.2 Å². The Kier molecular flexibility index (Phi) is 4.46. The van der Waals surface area contributed by atoms with Crippen LogP contribution in [-0.2, 0) is 4.79 Å². The first-order valence-electron chi connectivity index (χ1n) is 7.19. The van der Waals surface area contributed by atoms with Gasteiger partial charge in [0.25, 0.3) is 0 Å². The minimum Gasteiger partial charge on any atom is -0.373 e. The Labute approximate surface area is 115 Å². The fourth-order valence-electron chi connectivity index (χ4n) is 2.94. The summed E-state index contributed by atoms with van der Waals surface area (Å²) in [5.41, 5.74) is 7.77. The Bertz CT molecular complexity index is 436. The summed E-state index contributed by atoms with van der Waals surface area (Å²) in [7, 11) is 0. The Balaban J connectivity index is 2.09. The summed E-state index contributed by atoms with van der Waals surface area (Å²) in [6, 6.07) is 7.80. The lowest BCUT2D eigenvalue weighted by molar-refractivity contribution is -0.120. The highest BCUT2D eigenvalue weighted by Gasteiger charge is 2.29. The first-order valence-corrected chi connectivity index (χ1v) is 7.19. The Morgan fingerprint density at radius 3 is 2.47 bits per heavy atom. The maximum Gasteiger partial charge on any atom is 0.240 e. The topological polar surface area (TPSA) is 55.1 Å². The van der Waals surface area contributed by atoms with E-state index in [1.54, 1.807) is 0 Å². The lowest BCUT2D eigenvalue weighted by Crippen LogP contribution is -2.43. The number of hydrogen-bond donors (Lipinski definition) is 2. The molecule has 19 heavy (non-hydrogen) atoms. The quantitative estimate of drug-likeness (QED) is 0.874. The van der Waals surface area contributed by atoms with Crippen LogP contribution < -0.4 is 11.1 Å². The zero-order chi connectivity index (χ0) is 13.8. The molecule has 1 saturated carbocycles. The van der Waals surface area contributed by atoms with Crippen LogP contribution in [0.25, 0.3) is 0 Å². The minimum absolute atomic E-state index is 0.234. The van der Waals surface area contributed by atoms with Gasteiger partial charge < -0.3 is 11.1 Å². The number of carbonyl (C=O) groups excluding carboxylic acids is 1. The molecule has 0 spiro atoms. The van der Waals surface area contributed by atoms with Crippen molar-refractivity contribution in [2.75, 3.05) is 5.32 Å². The zero-order valence-corrected chi connectivity index (χ0v) is 11.9. The van der Waals surface area contributed by atoms with Crippen molar-refractivity contribution in [3.05, 3.63) is 29.8 Å². The fourth-order valence-corrected chi connectivity index (χ4v) is 2.94. The zero-order valence-electron chi connectivity index (χ0n) is 11.9. The smallest absolute Gasteiger partial charge is 0.240 e. The average Bonchev–Trinajstić information content (AvgIpc) is 2.39. The number of hydrogen-bond acceptors (Lipinski definition) is 2. The highest BCUT2D eigenvalue weighted by molar-refractivity contribution is 5.83. The molecule has 2 rings (SSSR count). The van der Waals surface area contributed by atoms with Gasteiger partial charge in [0, 0.05) is 5.69 Å². The standard InChI is InChI=1S/C16H24N2O/c1-11-7-9-13(10-8-11)15(16(17)19)18-14-6-4-3-5-12(14)2/h3-6,11,13,15,18H,7-10H2,1-2H3,(H2,17,19). The van der Waals surface area contributed by atoms with E-state index in [4.69, 9.17) is 5.73 Å². The number of nitrogens with two attached hydrogens (primary N) is 1. The molecule has 1 aromatic rings. The Morgan fingerprint density at radius 1 is 1.26 bits per heavy atom. The van der Waals surface area contributed by atoms with E-state index in [2.05, 4.69) is 12.2 Å². The van der Waals surface area contributed by atoms with Gasteiger partial charge in [-0.15, -0.1) is 0 Å². The molecule has 1 atom stereocenters. The third-order valence-electron chi connectivity index (χ3n) is 4.29. The number of amides is 1. The summed E-state index contributed by atoms with van der Waals surface area (Å²) >= 11 is 0. The summed E-state index contributed by atoms with van der Waals surface area (Å²) in [5, 5.41) is 3.36. The van der Waals surface area contributed by atoms with E-state index in [0.29, 0.717) is 5.92 Å². The van der Waals surface area contributed by atoms with Gasteiger partial charge in [-0.3, -0.25) is 4.79 Å². The maximum absolute atomic E-state index is 11.8. The summed E-state index contributed by atoms with van der Waals surface area (Å²) < 4.78 is 0. The number of rotatable bonds is 4. The van der Waals surface area contributed by atoms with Crippen LogP contribution in [0.4, 0.5) is 5.69 Å². The van der Waals surface area contributed by atoms with E-state index in [0.717, 1.165) is 30.0 Å². The largest absolute Gasteiger partial charge is 0.373 e. The highest BCUT2D eigenvalue weighted by Crippen LogP contribution is 2.32. The lowest BCUT2D eigenvalue weighted by atomic mass is 9.79. The molecule has 104 valence electrons. The van der Waals surface area contributed by atoms with Gasteiger partial charge in [0.1, 0.15) is 6.04 Å². The van der Waals surface area contributed by atoms with Crippen LogP contribution in [-0.4, -0.2) is 11.9 Å². The SMILES string of the molecule is Cc1ccccc1NC(C(N)=O)C1CCC(C)CC1. The van der Waals surface area contributed by atoms with E-state index < -0.39 is 0 Å². The van der Waals surface area contributed by atoms with Crippen molar-refractivity contribution in [3.63, 3.8) is 0 Å². The van der Waals surface area contributed by atoms with Crippen LogP contribution in [0.3, 0.4) is 0 Å². The van der Waals surface area contributed by atoms with Gasteiger partial charge in [-0.05, 0) is 43.2 Å². The van der Waals surface area contributed by atoms with Crippen molar-refractivity contribution < 1.29 is 4.79 Å². The van der Waals surface area contributed by atoms with Crippen molar-refractivity contribution in [2.24, 2.45) is 17.6 Å². The highest BCUT2D eigenvalue weighted by atomic mass is 16.1. The first kappa shape index (κ1) is 13.9. The number of para-hydroxylation sites is 1. The van der Waals surface area contributed by atoms with E-state index in [1.807, 2.05) is 31.2 Å². The van der Waals surface area contributed by atoms with Crippen LogP contribution in [0.5, 0.6) is 0 Å². The molecule has 3 heteroatoms. The third kappa shape index (κ3) is 3.49. The van der Waals surface area contributed by atoms with Gasteiger partial charge in [0.15, 0.2) is 0 Å². The van der Waals surface area contributed by atoms with Crippen LogP contribution in [0.2, 0.25) is 0 Å². The van der Waals surface area contributed by atoms with Gasteiger partial charge >= 0.3 is 0 Å². The van der Waals surface area contributed by atoms with E-state index in [1.165, 1.54) is 12.8 Å². The molecular weight excluding hydrogens is 236 g/mol.